The number of hydrogen-bond acceptors (Lipinski definition) is 5. The van der Waals surface area contributed by atoms with Gasteiger partial charge in [-0.25, -0.2) is 9.59 Å². The molecule has 0 unspecified atom stereocenters. The van der Waals surface area contributed by atoms with Crippen molar-refractivity contribution in [2.24, 2.45) is 0 Å². The first-order chi connectivity index (χ1) is 14.5. The Bertz CT molecular complexity index is 1100. The predicted octanol–water partition coefficient (Wildman–Crippen LogP) is 5.24. The predicted molar refractivity (Wildman–Crippen MR) is 114 cm³/mol. The molecule has 0 saturated heterocycles. The Kier molecular flexibility index (Phi) is 6.78. The van der Waals surface area contributed by atoms with Gasteiger partial charge in [-0.2, -0.15) is 0 Å². The molecule has 0 radical (unpaired) electrons. The van der Waals surface area contributed by atoms with Crippen molar-refractivity contribution in [1.82, 2.24) is 0 Å². The lowest BCUT2D eigenvalue weighted by Crippen LogP contribution is -2.09. The molecule has 0 fully saturated rings. The van der Waals surface area contributed by atoms with Crippen molar-refractivity contribution >= 4 is 35.4 Å². The van der Waals surface area contributed by atoms with E-state index < -0.39 is 11.9 Å². The number of ether oxygens (including phenoxy) is 2. The highest BCUT2D eigenvalue weighted by Gasteiger charge is 2.12. The van der Waals surface area contributed by atoms with Crippen LogP contribution in [0.5, 0.6) is 5.75 Å². The van der Waals surface area contributed by atoms with E-state index in [1.807, 2.05) is 0 Å². The molecule has 3 aromatic rings. The van der Waals surface area contributed by atoms with Gasteiger partial charge in [0.2, 0.25) is 0 Å². The molecule has 0 spiro atoms. The van der Waals surface area contributed by atoms with E-state index in [0.717, 1.165) is 5.56 Å². The molecule has 0 aliphatic heterocycles. The summed E-state index contributed by atoms with van der Waals surface area (Å²) < 4.78 is 9.94. The zero-order valence-corrected chi connectivity index (χ0v) is 16.8. The Labute approximate surface area is 178 Å². The van der Waals surface area contributed by atoms with E-state index >= 15 is 0 Å². The van der Waals surface area contributed by atoms with E-state index in [1.54, 1.807) is 78.9 Å². The fraction of sp³-hybridized carbons (Fsp3) is 0.0417. The third-order valence-electron chi connectivity index (χ3n) is 4.20. The van der Waals surface area contributed by atoms with Crippen molar-refractivity contribution in [3.8, 4) is 5.75 Å². The Morgan fingerprint density at radius 2 is 1.43 bits per heavy atom. The summed E-state index contributed by atoms with van der Waals surface area (Å²) in [4.78, 5) is 36.0. The molecule has 0 aromatic heterocycles. The van der Waals surface area contributed by atoms with Gasteiger partial charge in [0.25, 0.3) is 0 Å². The number of allylic oxidation sites excluding steroid dienone is 1. The fourth-order valence-electron chi connectivity index (χ4n) is 2.59. The lowest BCUT2D eigenvalue weighted by Gasteiger charge is -2.06. The maximum absolute atomic E-state index is 12.4. The zero-order valence-electron chi connectivity index (χ0n) is 16.0. The first kappa shape index (κ1) is 21.0. The average molecular weight is 421 g/mol. The van der Waals surface area contributed by atoms with Crippen LogP contribution in [0.2, 0.25) is 5.02 Å². The highest BCUT2D eigenvalue weighted by molar-refractivity contribution is 6.33. The minimum atomic E-state index is -0.574. The van der Waals surface area contributed by atoms with E-state index in [4.69, 9.17) is 16.3 Å². The zero-order chi connectivity index (χ0) is 21.5. The van der Waals surface area contributed by atoms with E-state index in [0.29, 0.717) is 21.9 Å². The third kappa shape index (κ3) is 5.21. The van der Waals surface area contributed by atoms with Gasteiger partial charge in [-0.1, -0.05) is 41.9 Å². The van der Waals surface area contributed by atoms with Gasteiger partial charge < -0.3 is 9.47 Å². The van der Waals surface area contributed by atoms with Crippen LogP contribution in [0.25, 0.3) is 6.08 Å². The van der Waals surface area contributed by atoms with Gasteiger partial charge in [-0.3, -0.25) is 4.79 Å². The smallest absolute Gasteiger partial charge is 0.345 e. The van der Waals surface area contributed by atoms with Crippen molar-refractivity contribution in [2.75, 3.05) is 7.11 Å². The Hall–Kier alpha value is -3.70. The van der Waals surface area contributed by atoms with Crippen LogP contribution in [0.4, 0.5) is 0 Å². The van der Waals surface area contributed by atoms with Crippen LogP contribution in [0.1, 0.15) is 36.6 Å². The van der Waals surface area contributed by atoms with Crippen LogP contribution in [-0.4, -0.2) is 24.8 Å². The molecule has 0 N–H and O–H groups in total. The highest BCUT2D eigenvalue weighted by Crippen LogP contribution is 2.19. The molecule has 5 nitrogen and oxygen atoms in total. The summed E-state index contributed by atoms with van der Waals surface area (Å²) in [5.41, 5.74) is 1.90. The van der Waals surface area contributed by atoms with E-state index in [2.05, 4.69) is 4.74 Å². The lowest BCUT2D eigenvalue weighted by molar-refractivity contribution is 0.0600. The average Bonchev–Trinajstić information content (AvgIpc) is 2.78. The molecule has 0 heterocycles. The summed E-state index contributed by atoms with van der Waals surface area (Å²) in [5.74, 6) is -0.901. The van der Waals surface area contributed by atoms with Crippen molar-refractivity contribution in [3.63, 3.8) is 0 Å². The van der Waals surface area contributed by atoms with Gasteiger partial charge in [0.15, 0.2) is 5.78 Å². The number of ketones is 1. The molecule has 6 heteroatoms. The van der Waals surface area contributed by atoms with Crippen LogP contribution in [0.15, 0.2) is 78.9 Å². The quantitative estimate of drug-likeness (QED) is 0.236. The number of methoxy groups -OCH3 is 1. The summed E-state index contributed by atoms with van der Waals surface area (Å²) in [6.07, 6.45) is 3.08. The van der Waals surface area contributed by atoms with E-state index in [-0.39, 0.29) is 11.3 Å². The number of benzene rings is 3. The van der Waals surface area contributed by atoms with Gasteiger partial charge in [0.1, 0.15) is 5.75 Å². The molecule has 0 saturated carbocycles. The molecule has 150 valence electrons. The molecule has 30 heavy (non-hydrogen) atoms. The van der Waals surface area contributed by atoms with Gasteiger partial charge in [0, 0.05) is 5.56 Å². The van der Waals surface area contributed by atoms with Crippen LogP contribution in [-0.2, 0) is 4.74 Å². The van der Waals surface area contributed by atoms with Gasteiger partial charge in [0.05, 0.1) is 23.3 Å². The Balaban J connectivity index is 1.63. The standard InChI is InChI=1S/C24H17ClO5/c1-29-23(27)18-9-6-16(7-10-18)8-15-22(26)17-11-13-19(14-12-17)30-24(28)20-4-2-3-5-21(20)25/h2-15H,1H3/b15-8+. The molecule has 0 aliphatic rings. The van der Waals surface area contributed by atoms with Crippen molar-refractivity contribution in [2.45, 2.75) is 0 Å². The molecule has 0 atom stereocenters. The number of hydrogen-bond donors (Lipinski definition) is 0. The topological polar surface area (TPSA) is 69.7 Å². The second-order valence-corrected chi connectivity index (χ2v) is 6.61. The summed E-state index contributed by atoms with van der Waals surface area (Å²) in [6.45, 7) is 0. The maximum atomic E-state index is 12.4. The molecule has 0 aliphatic carbocycles. The van der Waals surface area contributed by atoms with Gasteiger partial charge in [-0.05, 0) is 60.2 Å². The monoisotopic (exact) mass is 420 g/mol. The summed E-state index contributed by atoms with van der Waals surface area (Å²) in [7, 11) is 1.32. The molecule has 0 bridgehead atoms. The minimum Gasteiger partial charge on any atom is -0.465 e. The van der Waals surface area contributed by atoms with Gasteiger partial charge in [-0.15, -0.1) is 0 Å². The van der Waals surface area contributed by atoms with E-state index in [9.17, 15) is 14.4 Å². The first-order valence-corrected chi connectivity index (χ1v) is 9.33. The molecule has 0 amide bonds. The Morgan fingerprint density at radius 1 is 0.800 bits per heavy atom. The SMILES string of the molecule is COC(=O)c1ccc(/C=C/C(=O)c2ccc(OC(=O)c3ccccc3Cl)cc2)cc1. The highest BCUT2D eigenvalue weighted by atomic mass is 35.5. The summed E-state index contributed by atoms with van der Waals surface area (Å²) >= 11 is 5.99. The molecular weight excluding hydrogens is 404 g/mol. The van der Waals surface area contributed by atoms with Crippen molar-refractivity contribution in [3.05, 3.63) is 106 Å². The largest absolute Gasteiger partial charge is 0.465 e. The van der Waals surface area contributed by atoms with Crippen molar-refractivity contribution < 1.29 is 23.9 Å². The number of esters is 2. The molecular formula is C24H17ClO5. The maximum Gasteiger partial charge on any atom is 0.345 e. The number of carbonyl (C=O) groups excluding carboxylic acids is 3. The summed E-state index contributed by atoms with van der Waals surface area (Å²) in [6, 6.07) is 19.5. The number of halogens is 1. The molecule has 3 rings (SSSR count). The van der Waals surface area contributed by atoms with Crippen LogP contribution < -0.4 is 4.74 Å². The van der Waals surface area contributed by atoms with Crippen LogP contribution >= 0.6 is 11.6 Å². The van der Waals surface area contributed by atoms with Crippen LogP contribution in [0, 0.1) is 0 Å². The lowest BCUT2D eigenvalue weighted by atomic mass is 10.1. The number of rotatable bonds is 6. The second kappa shape index (κ2) is 9.67. The fourth-order valence-corrected chi connectivity index (χ4v) is 2.81. The second-order valence-electron chi connectivity index (χ2n) is 6.20. The minimum absolute atomic E-state index is 0.212. The van der Waals surface area contributed by atoms with Gasteiger partial charge >= 0.3 is 11.9 Å². The number of carbonyl (C=O) groups is 3. The Morgan fingerprint density at radius 3 is 2.07 bits per heavy atom. The summed E-state index contributed by atoms with van der Waals surface area (Å²) in [5, 5.41) is 0.305. The van der Waals surface area contributed by atoms with Crippen LogP contribution in [0.3, 0.4) is 0 Å². The third-order valence-corrected chi connectivity index (χ3v) is 4.53. The normalized spacial score (nSPS) is 10.6. The first-order valence-electron chi connectivity index (χ1n) is 8.95. The van der Waals surface area contributed by atoms with Crippen molar-refractivity contribution in [1.29, 1.82) is 0 Å². The molecule has 3 aromatic carbocycles. The van der Waals surface area contributed by atoms with E-state index in [1.165, 1.54) is 13.2 Å².